The van der Waals surface area contributed by atoms with Gasteiger partial charge in [0.1, 0.15) is 0 Å². The Kier molecular flexibility index (Phi) is 9.00. The molecule has 2 nitrogen and oxygen atoms in total. The standard InChI is InChI=1S/C12H25NO/c1-3-4-5-6-7-8-9-10-12(14)11(2)13/h5-6,11-12,14H,3-4,7-10,13H2,1-2H3/b6-5-/t11-,12+/m1/s1. The highest BCUT2D eigenvalue weighted by Crippen LogP contribution is 2.06. The Hall–Kier alpha value is -0.340. The van der Waals surface area contributed by atoms with E-state index in [0.29, 0.717) is 0 Å². The molecule has 0 bridgehead atoms. The maximum Gasteiger partial charge on any atom is 0.0688 e. The third-order valence-corrected chi connectivity index (χ3v) is 2.35. The maximum atomic E-state index is 9.42. The van der Waals surface area contributed by atoms with Crippen molar-refractivity contribution in [1.82, 2.24) is 0 Å². The van der Waals surface area contributed by atoms with Crippen LogP contribution in [0.3, 0.4) is 0 Å². The molecule has 0 heterocycles. The molecule has 0 aliphatic rings. The van der Waals surface area contributed by atoms with E-state index in [0.717, 1.165) is 25.7 Å². The Balaban J connectivity index is 3.21. The van der Waals surface area contributed by atoms with Gasteiger partial charge in [-0.1, -0.05) is 31.9 Å². The number of unbranched alkanes of at least 4 members (excludes halogenated alkanes) is 3. The van der Waals surface area contributed by atoms with Gasteiger partial charge in [0, 0.05) is 6.04 Å². The molecule has 0 aromatic carbocycles. The highest BCUT2D eigenvalue weighted by molar-refractivity contribution is 4.81. The summed E-state index contributed by atoms with van der Waals surface area (Å²) >= 11 is 0. The highest BCUT2D eigenvalue weighted by Gasteiger charge is 2.07. The summed E-state index contributed by atoms with van der Waals surface area (Å²) in [6, 6.07) is -0.0920. The second kappa shape index (κ2) is 9.22. The molecule has 2 atom stereocenters. The van der Waals surface area contributed by atoms with Gasteiger partial charge >= 0.3 is 0 Å². The minimum atomic E-state index is -0.324. The molecule has 0 radical (unpaired) electrons. The molecule has 0 aromatic heterocycles. The first-order chi connectivity index (χ1) is 6.68. The van der Waals surface area contributed by atoms with Crippen LogP contribution in [0, 0.1) is 0 Å². The van der Waals surface area contributed by atoms with Gasteiger partial charge in [0.15, 0.2) is 0 Å². The molecule has 0 fully saturated rings. The molecule has 0 saturated carbocycles. The zero-order valence-electron chi connectivity index (χ0n) is 9.58. The Morgan fingerprint density at radius 2 is 1.86 bits per heavy atom. The van der Waals surface area contributed by atoms with Crippen LogP contribution in [-0.4, -0.2) is 17.3 Å². The largest absolute Gasteiger partial charge is 0.392 e. The van der Waals surface area contributed by atoms with Crippen molar-refractivity contribution in [2.75, 3.05) is 0 Å². The lowest BCUT2D eigenvalue weighted by Crippen LogP contribution is -2.31. The van der Waals surface area contributed by atoms with Crippen molar-refractivity contribution >= 4 is 0 Å². The third kappa shape index (κ3) is 8.27. The molecule has 0 aliphatic heterocycles. The van der Waals surface area contributed by atoms with Crippen LogP contribution in [0.5, 0.6) is 0 Å². The molecule has 3 N–H and O–H groups in total. The predicted molar refractivity (Wildman–Crippen MR) is 62.2 cm³/mol. The van der Waals surface area contributed by atoms with E-state index >= 15 is 0 Å². The van der Waals surface area contributed by atoms with E-state index in [1.165, 1.54) is 12.8 Å². The highest BCUT2D eigenvalue weighted by atomic mass is 16.3. The normalized spacial score (nSPS) is 16.0. The van der Waals surface area contributed by atoms with E-state index in [4.69, 9.17) is 5.73 Å². The molecule has 0 saturated heterocycles. The van der Waals surface area contributed by atoms with E-state index in [9.17, 15) is 5.11 Å². The van der Waals surface area contributed by atoms with Gasteiger partial charge in [0.05, 0.1) is 6.10 Å². The number of aliphatic hydroxyl groups excluding tert-OH is 1. The SMILES string of the molecule is CCC/C=C\CCCC[C@H](O)[C@@H](C)N. The minimum absolute atomic E-state index is 0.0920. The van der Waals surface area contributed by atoms with Crippen LogP contribution in [0.2, 0.25) is 0 Å². The van der Waals surface area contributed by atoms with Crippen LogP contribution in [-0.2, 0) is 0 Å². The summed E-state index contributed by atoms with van der Waals surface area (Å²) < 4.78 is 0. The van der Waals surface area contributed by atoms with E-state index < -0.39 is 0 Å². The average Bonchev–Trinajstić information content (AvgIpc) is 2.16. The summed E-state index contributed by atoms with van der Waals surface area (Å²) in [5.41, 5.74) is 5.55. The number of aliphatic hydroxyl groups is 1. The van der Waals surface area contributed by atoms with Gasteiger partial charge in [-0.25, -0.2) is 0 Å². The molecule has 0 rings (SSSR count). The van der Waals surface area contributed by atoms with Gasteiger partial charge in [-0.05, 0) is 32.6 Å². The van der Waals surface area contributed by atoms with Crippen LogP contribution < -0.4 is 5.73 Å². The number of hydrogen-bond donors (Lipinski definition) is 2. The molecule has 0 aliphatic carbocycles. The monoisotopic (exact) mass is 199 g/mol. The Bertz CT molecular complexity index is 143. The second-order valence-electron chi connectivity index (χ2n) is 3.97. The van der Waals surface area contributed by atoms with E-state index in [2.05, 4.69) is 19.1 Å². The van der Waals surface area contributed by atoms with Gasteiger partial charge in [-0.2, -0.15) is 0 Å². The molecule has 84 valence electrons. The summed E-state index contributed by atoms with van der Waals surface area (Å²) in [5, 5.41) is 9.42. The average molecular weight is 199 g/mol. The van der Waals surface area contributed by atoms with Crippen molar-refractivity contribution in [2.45, 2.75) is 64.5 Å². The van der Waals surface area contributed by atoms with Crippen LogP contribution in [0.25, 0.3) is 0 Å². The van der Waals surface area contributed by atoms with E-state index in [-0.39, 0.29) is 12.1 Å². The van der Waals surface area contributed by atoms with Crippen molar-refractivity contribution in [1.29, 1.82) is 0 Å². The third-order valence-electron chi connectivity index (χ3n) is 2.35. The van der Waals surface area contributed by atoms with Crippen molar-refractivity contribution in [3.63, 3.8) is 0 Å². The fourth-order valence-corrected chi connectivity index (χ4v) is 1.28. The second-order valence-corrected chi connectivity index (χ2v) is 3.97. The molecule has 0 spiro atoms. The van der Waals surface area contributed by atoms with Crippen molar-refractivity contribution in [3.8, 4) is 0 Å². The Labute approximate surface area is 88.2 Å². The topological polar surface area (TPSA) is 46.2 Å². The van der Waals surface area contributed by atoms with Gasteiger partial charge in [-0.15, -0.1) is 0 Å². The predicted octanol–water partition coefficient (Wildman–Crippen LogP) is 2.61. The van der Waals surface area contributed by atoms with Crippen molar-refractivity contribution in [2.24, 2.45) is 5.73 Å². The van der Waals surface area contributed by atoms with Crippen molar-refractivity contribution in [3.05, 3.63) is 12.2 Å². The summed E-state index contributed by atoms with van der Waals surface area (Å²) in [6.07, 6.45) is 10.7. The lowest BCUT2D eigenvalue weighted by molar-refractivity contribution is 0.138. The first kappa shape index (κ1) is 13.7. The molecule has 2 heteroatoms. The lowest BCUT2D eigenvalue weighted by atomic mass is 10.1. The fraction of sp³-hybridized carbons (Fsp3) is 0.833. The molecule has 0 amide bonds. The van der Waals surface area contributed by atoms with Crippen LogP contribution in [0.1, 0.15) is 52.4 Å². The minimum Gasteiger partial charge on any atom is -0.392 e. The molecule has 0 aromatic rings. The van der Waals surface area contributed by atoms with Gasteiger partial charge in [-0.3, -0.25) is 0 Å². The summed E-state index contributed by atoms with van der Waals surface area (Å²) in [5.74, 6) is 0. The lowest BCUT2D eigenvalue weighted by Gasteiger charge is -2.13. The number of nitrogens with two attached hydrogens (primary N) is 1. The zero-order valence-corrected chi connectivity index (χ0v) is 9.58. The maximum absolute atomic E-state index is 9.42. The Morgan fingerprint density at radius 1 is 1.21 bits per heavy atom. The summed E-state index contributed by atoms with van der Waals surface area (Å²) in [7, 11) is 0. The van der Waals surface area contributed by atoms with E-state index in [1.807, 2.05) is 6.92 Å². The molecular formula is C12H25NO. The number of allylic oxidation sites excluding steroid dienone is 2. The van der Waals surface area contributed by atoms with Gasteiger partial charge in [0.25, 0.3) is 0 Å². The molecule has 14 heavy (non-hydrogen) atoms. The first-order valence-electron chi connectivity index (χ1n) is 5.77. The number of hydrogen-bond acceptors (Lipinski definition) is 2. The summed E-state index contributed by atoms with van der Waals surface area (Å²) in [4.78, 5) is 0. The smallest absolute Gasteiger partial charge is 0.0688 e. The quantitative estimate of drug-likeness (QED) is 0.466. The van der Waals surface area contributed by atoms with Crippen LogP contribution in [0.4, 0.5) is 0 Å². The van der Waals surface area contributed by atoms with Crippen LogP contribution in [0.15, 0.2) is 12.2 Å². The van der Waals surface area contributed by atoms with E-state index in [1.54, 1.807) is 0 Å². The van der Waals surface area contributed by atoms with Crippen molar-refractivity contribution < 1.29 is 5.11 Å². The first-order valence-corrected chi connectivity index (χ1v) is 5.77. The number of rotatable bonds is 8. The molecule has 0 unspecified atom stereocenters. The fourth-order valence-electron chi connectivity index (χ4n) is 1.28. The molecular weight excluding hydrogens is 174 g/mol. The van der Waals surface area contributed by atoms with Crippen LogP contribution >= 0.6 is 0 Å². The van der Waals surface area contributed by atoms with Gasteiger partial charge < -0.3 is 10.8 Å². The van der Waals surface area contributed by atoms with Gasteiger partial charge in [0.2, 0.25) is 0 Å². The summed E-state index contributed by atoms with van der Waals surface area (Å²) in [6.45, 7) is 4.04. The zero-order chi connectivity index (χ0) is 10.8. The Morgan fingerprint density at radius 3 is 2.43 bits per heavy atom.